The van der Waals surface area contributed by atoms with Crippen LogP contribution in [-0.4, -0.2) is 19.1 Å². The fraction of sp³-hybridized carbons (Fsp3) is 0. The highest BCUT2D eigenvalue weighted by Gasteiger charge is 2.22. The molecule has 4 nitrogen and oxygen atoms in total. The molecule has 0 saturated carbocycles. The van der Waals surface area contributed by atoms with E-state index in [-0.39, 0.29) is 0 Å². The molecule has 0 bridgehead atoms. The van der Waals surface area contributed by atoms with Crippen molar-refractivity contribution in [1.82, 2.24) is 19.1 Å². The number of para-hydroxylation sites is 4. The van der Waals surface area contributed by atoms with Crippen molar-refractivity contribution in [3.63, 3.8) is 0 Å². The van der Waals surface area contributed by atoms with Gasteiger partial charge in [0.15, 0.2) is 0 Å². The van der Waals surface area contributed by atoms with Gasteiger partial charge in [-0.1, -0.05) is 146 Å². The van der Waals surface area contributed by atoms with Crippen molar-refractivity contribution in [1.29, 1.82) is 0 Å². The van der Waals surface area contributed by atoms with Gasteiger partial charge in [0.1, 0.15) is 0 Å². The standard InChI is InChI=1S/C52H32N4/c1-3-16-34(17-4-1)50-51(54-45-26-11-10-25-44(45)53-50)40-24-13-23-38-37(40)22-14-28-47(38)56-46-27-12-9-21-39(46)42-31-43-41-30-29-33-15-7-8-20-36(33)52(41)55(48(43)32-49(42)56)35-18-5-2-6-19-35/h1-32H. The van der Waals surface area contributed by atoms with Gasteiger partial charge < -0.3 is 9.13 Å². The predicted octanol–water partition coefficient (Wildman–Crippen LogP) is 13.5. The molecule has 0 unspecified atom stereocenters. The second-order valence-electron chi connectivity index (χ2n) is 14.5. The van der Waals surface area contributed by atoms with Crippen LogP contribution >= 0.6 is 0 Å². The molecule has 4 heteroatoms. The minimum Gasteiger partial charge on any atom is -0.309 e. The Labute approximate surface area is 322 Å². The molecule has 9 aromatic carbocycles. The lowest BCUT2D eigenvalue weighted by molar-refractivity contribution is 1.17. The molecule has 260 valence electrons. The molecule has 12 aromatic rings. The average Bonchev–Trinajstić information content (AvgIpc) is 3.77. The van der Waals surface area contributed by atoms with Gasteiger partial charge in [0.05, 0.1) is 50.2 Å². The van der Waals surface area contributed by atoms with Gasteiger partial charge in [-0.05, 0) is 59.3 Å². The maximum atomic E-state index is 5.31. The number of aromatic nitrogens is 4. The van der Waals surface area contributed by atoms with Crippen LogP contribution in [-0.2, 0) is 0 Å². The fourth-order valence-electron chi connectivity index (χ4n) is 9.02. The zero-order chi connectivity index (χ0) is 36.7. The zero-order valence-corrected chi connectivity index (χ0v) is 30.3. The third-order valence-electron chi connectivity index (χ3n) is 11.5. The van der Waals surface area contributed by atoms with E-state index in [4.69, 9.17) is 9.97 Å². The molecule has 56 heavy (non-hydrogen) atoms. The van der Waals surface area contributed by atoms with Gasteiger partial charge in [-0.25, -0.2) is 9.97 Å². The van der Waals surface area contributed by atoms with Crippen molar-refractivity contribution in [3.05, 3.63) is 194 Å². The van der Waals surface area contributed by atoms with E-state index in [0.717, 1.165) is 61.2 Å². The van der Waals surface area contributed by atoms with Crippen molar-refractivity contribution in [2.75, 3.05) is 0 Å². The molecular formula is C52H32N4. The van der Waals surface area contributed by atoms with Crippen LogP contribution in [0.1, 0.15) is 0 Å². The van der Waals surface area contributed by atoms with E-state index in [0.29, 0.717) is 0 Å². The first-order chi connectivity index (χ1) is 27.8. The summed E-state index contributed by atoms with van der Waals surface area (Å²) in [6.45, 7) is 0. The Morgan fingerprint density at radius 1 is 0.339 bits per heavy atom. The molecular weight excluding hydrogens is 681 g/mol. The molecule has 0 radical (unpaired) electrons. The van der Waals surface area contributed by atoms with Crippen LogP contribution in [0.2, 0.25) is 0 Å². The second-order valence-corrected chi connectivity index (χ2v) is 14.5. The van der Waals surface area contributed by atoms with Crippen LogP contribution in [0, 0.1) is 0 Å². The SMILES string of the molecule is c1ccc(-c2nc3ccccc3nc2-c2cccc3c(-n4c5ccccc5c5cc6c7ccc8ccccc8c7n(-c7ccccc7)c6cc54)cccc23)cc1. The van der Waals surface area contributed by atoms with E-state index >= 15 is 0 Å². The largest absolute Gasteiger partial charge is 0.309 e. The Bertz CT molecular complexity index is 3520. The van der Waals surface area contributed by atoms with Crippen LogP contribution in [0.5, 0.6) is 0 Å². The number of rotatable bonds is 4. The van der Waals surface area contributed by atoms with Crippen molar-refractivity contribution in [3.8, 4) is 33.9 Å². The third-order valence-corrected chi connectivity index (χ3v) is 11.5. The monoisotopic (exact) mass is 712 g/mol. The lowest BCUT2D eigenvalue weighted by Gasteiger charge is -2.16. The summed E-state index contributed by atoms with van der Waals surface area (Å²) >= 11 is 0. The van der Waals surface area contributed by atoms with E-state index in [2.05, 4.69) is 173 Å². The van der Waals surface area contributed by atoms with Crippen LogP contribution in [0.4, 0.5) is 0 Å². The smallest absolute Gasteiger partial charge is 0.0979 e. The molecule has 0 atom stereocenters. The number of fused-ring (bicyclic) bond motifs is 10. The molecule has 3 heterocycles. The molecule has 0 spiro atoms. The zero-order valence-electron chi connectivity index (χ0n) is 30.3. The van der Waals surface area contributed by atoms with E-state index in [1.807, 2.05) is 30.3 Å². The average molecular weight is 713 g/mol. The second kappa shape index (κ2) is 12.0. The molecule has 0 fully saturated rings. The van der Waals surface area contributed by atoms with Gasteiger partial charge in [-0.15, -0.1) is 0 Å². The summed E-state index contributed by atoms with van der Waals surface area (Å²) in [6.07, 6.45) is 0. The third kappa shape index (κ3) is 4.47. The van der Waals surface area contributed by atoms with Gasteiger partial charge >= 0.3 is 0 Å². The molecule has 0 aliphatic heterocycles. The summed E-state index contributed by atoms with van der Waals surface area (Å²) in [7, 11) is 0. The molecule has 12 rings (SSSR count). The first kappa shape index (κ1) is 30.9. The summed E-state index contributed by atoms with van der Waals surface area (Å²) in [5, 5.41) is 9.71. The molecule has 0 N–H and O–H groups in total. The first-order valence-corrected chi connectivity index (χ1v) is 19.1. The van der Waals surface area contributed by atoms with E-state index in [1.165, 1.54) is 48.9 Å². The minimum atomic E-state index is 0.876. The highest BCUT2D eigenvalue weighted by atomic mass is 15.0. The Balaban J connectivity index is 1.18. The van der Waals surface area contributed by atoms with Crippen LogP contribution in [0.25, 0.3) is 110 Å². The highest BCUT2D eigenvalue weighted by molar-refractivity contribution is 6.23. The molecule has 0 aliphatic rings. The van der Waals surface area contributed by atoms with Gasteiger partial charge in [-0.3, -0.25) is 0 Å². The van der Waals surface area contributed by atoms with Gasteiger partial charge in [0.25, 0.3) is 0 Å². The number of benzene rings is 9. The van der Waals surface area contributed by atoms with Crippen molar-refractivity contribution in [2.24, 2.45) is 0 Å². The fourth-order valence-corrected chi connectivity index (χ4v) is 9.02. The highest BCUT2D eigenvalue weighted by Crippen LogP contribution is 2.43. The van der Waals surface area contributed by atoms with Crippen molar-refractivity contribution >= 4 is 76.2 Å². The van der Waals surface area contributed by atoms with E-state index in [9.17, 15) is 0 Å². The summed E-state index contributed by atoms with van der Waals surface area (Å²) in [5.74, 6) is 0. The summed E-state index contributed by atoms with van der Waals surface area (Å²) in [6, 6.07) is 69.6. The summed E-state index contributed by atoms with van der Waals surface area (Å²) in [4.78, 5) is 10.5. The van der Waals surface area contributed by atoms with Crippen LogP contribution in [0.3, 0.4) is 0 Å². The first-order valence-electron chi connectivity index (χ1n) is 19.1. The maximum Gasteiger partial charge on any atom is 0.0979 e. The van der Waals surface area contributed by atoms with Gasteiger partial charge in [0.2, 0.25) is 0 Å². The van der Waals surface area contributed by atoms with Gasteiger partial charge in [-0.2, -0.15) is 0 Å². The Kier molecular flexibility index (Phi) is 6.60. The van der Waals surface area contributed by atoms with Crippen molar-refractivity contribution < 1.29 is 0 Å². The molecule has 0 saturated heterocycles. The summed E-state index contributed by atoms with van der Waals surface area (Å²) in [5.41, 5.74) is 12.6. The van der Waals surface area contributed by atoms with E-state index < -0.39 is 0 Å². The Morgan fingerprint density at radius 2 is 0.964 bits per heavy atom. The number of nitrogens with zero attached hydrogens (tertiary/aromatic N) is 4. The topological polar surface area (TPSA) is 35.6 Å². The molecule has 0 amide bonds. The van der Waals surface area contributed by atoms with Crippen LogP contribution in [0.15, 0.2) is 194 Å². The lowest BCUT2D eigenvalue weighted by atomic mass is 9.97. The quantitative estimate of drug-likeness (QED) is 0.182. The number of hydrogen-bond donors (Lipinski definition) is 0. The summed E-state index contributed by atoms with van der Waals surface area (Å²) < 4.78 is 4.92. The van der Waals surface area contributed by atoms with Crippen molar-refractivity contribution in [2.45, 2.75) is 0 Å². The normalized spacial score (nSPS) is 11.9. The number of hydrogen-bond acceptors (Lipinski definition) is 2. The lowest BCUT2D eigenvalue weighted by Crippen LogP contribution is -1.99. The Hall–Kier alpha value is -7.56. The molecule has 0 aliphatic carbocycles. The Morgan fingerprint density at radius 3 is 1.80 bits per heavy atom. The van der Waals surface area contributed by atoms with E-state index in [1.54, 1.807) is 0 Å². The molecule has 3 aromatic heterocycles. The van der Waals surface area contributed by atoms with Gasteiger partial charge in [0, 0.05) is 49.1 Å². The minimum absolute atomic E-state index is 0.876. The maximum absolute atomic E-state index is 5.31. The van der Waals surface area contributed by atoms with Crippen LogP contribution < -0.4 is 0 Å². The predicted molar refractivity (Wildman–Crippen MR) is 234 cm³/mol.